The first kappa shape index (κ1) is 24.2. The van der Waals surface area contributed by atoms with Gasteiger partial charge in [0, 0.05) is 27.4 Å². The molecule has 0 fully saturated rings. The van der Waals surface area contributed by atoms with Gasteiger partial charge in [0.15, 0.2) is 10.9 Å². The Morgan fingerprint density at radius 2 is 1.62 bits per heavy atom. The number of aryl methyl sites for hydroxylation is 2. The third kappa shape index (κ3) is 5.41. The summed E-state index contributed by atoms with van der Waals surface area (Å²) in [4.78, 5) is 0. The van der Waals surface area contributed by atoms with E-state index in [1.165, 1.54) is 12.1 Å². The monoisotopic (exact) mass is 516 g/mol. The third-order valence-corrected chi connectivity index (χ3v) is 6.37. The SMILES string of the molecule is Cc1nn(Cc2ccc(F)cc2)c(C)c1NC(=S)Nc1cc(C)n(Cc2c(Cl)cccc2Cl)n1. The highest BCUT2D eigenvalue weighted by Crippen LogP contribution is 2.26. The zero-order chi connectivity index (χ0) is 24.4. The average Bonchev–Trinajstić information content (AvgIpc) is 3.25. The van der Waals surface area contributed by atoms with Crippen molar-refractivity contribution in [3.63, 3.8) is 0 Å². The Kier molecular flexibility index (Phi) is 7.21. The maximum Gasteiger partial charge on any atom is 0.176 e. The molecule has 2 aromatic carbocycles. The van der Waals surface area contributed by atoms with E-state index in [0.29, 0.717) is 34.1 Å². The predicted octanol–water partition coefficient (Wildman–Crippen LogP) is 6.36. The Morgan fingerprint density at radius 3 is 2.29 bits per heavy atom. The molecule has 0 bridgehead atoms. The molecule has 34 heavy (non-hydrogen) atoms. The van der Waals surface area contributed by atoms with Crippen LogP contribution in [0, 0.1) is 26.6 Å². The van der Waals surface area contributed by atoms with Crippen LogP contribution in [-0.2, 0) is 13.1 Å². The number of benzene rings is 2. The molecular formula is C24H23Cl2FN6S. The Hall–Kier alpha value is -2.94. The number of hydrogen-bond donors (Lipinski definition) is 2. The van der Waals surface area contributed by atoms with Crippen molar-refractivity contribution in [2.45, 2.75) is 33.9 Å². The van der Waals surface area contributed by atoms with Crippen LogP contribution in [0.15, 0.2) is 48.5 Å². The lowest BCUT2D eigenvalue weighted by Gasteiger charge is -2.10. The quantitative estimate of drug-likeness (QED) is 0.292. The molecule has 4 rings (SSSR count). The number of nitrogens with one attached hydrogen (secondary N) is 2. The molecule has 0 aliphatic heterocycles. The van der Waals surface area contributed by atoms with Crippen molar-refractivity contribution in [1.82, 2.24) is 19.6 Å². The summed E-state index contributed by atoms with van der Waals surface area (Å²) < 4.78 is 16.9. The first-order valence-electron chi connectivity index (χ1n) is 10.5. The van der Waals surface area contributed by atoms with Gasteiger partial charge >= 0.3 is 0 Å². The molecule has 2 heterocycles. The Morgan fingerprint density at radius 1 is 0.941 bits per heavy atom. The summed E-state index contributed by atoms with van der Waals surface area (Å²) in [6.07, 6.45) is 0. The van der Waals surface area contributed by atoms with Gasteiger partial charge in [-0.1, -0.05) is 41.4 Å². The van der Waals surface area contributed by atoms with E-state index in [4.69, 9.17) is 35.4 Å². The summed E-state index contributed by atoms with van der Waals surface area (Å²) in [7, 11) is 0. The first-order valence-corrected chi connectivity index (χ1v) is 11.7. The van der Waals surface area contributed by atoms with Crippen LogP contribution in [0.5, 0.6) is 0 Å². The zero-order valence-corrected chi connectivity index (χ0v) is 21.2. The minimum absolute atomic E-state index is 0.261. The molecule has 0 aliphatic carbocycles. The number of thiocarbonyl (C=S) groups is 1. The number of nitrogens with zero attached hydrogens (tertiary/aromatic N) is 4. The Balaban J connectivity index is 1.45. The van der Waals surface area contributed by atoms with Gasteiger partial charge in [0.2, 0.25) is 0 Å². The van der Waals surface area contributed by atoms with E-state index in [2.05, 4.69) is 20.8 Å². The molecule has 4 aromatic rings. The lowest BCUT2D eigenvalue weighted by Crippen LogP contribution is -2.20. The van der Waals surface area contributed by atoms with Crippen molar-refractivity contribution in [3.05, 3.63) is 92.6 Å². The topological polar surface area (TPSA) is 59.7 Å². The van der Waals surface area contributed by atoms with E-state index in [0.717, 1.165) is 33.9 Å². The van der Waals surface area contributed by atoms with E-state index in [9.17, 15) is 4.39 Å². The second-order valence-electron chi connectivity index (χ2n) is 7.94. The van der Waals surface area contributed by atoms with Gasteiger partial charge < -0.3 is 10.6 Å². The van der Waals surface area contributed by atoms with E-state index in [1.807, 2.05) is 42.3 Å². The van der Waals surface area contributed by atoms with Crippen LogP contribution in [0.2, 0.25) is 10.0 Å². The molecule has 0 unspecified atom stereocenters. The smallest absolute Gasteiger partial charge is 0.176 e. The highest BCUT2D eigenvalue weighted by Gasteiger charge is 2.15. The van der Waals surface area contributed by atoms with Crippen molar-refractivity contribution < 1.29 is 4.39 Å². The summed E-state index contributed by atoms with van der Waals surface area (Å²) >= 11 is 18.1. The van der Waals surface area contributed by atoms with Crippen molar-refractivity contribution in [2.75, 3.05) is 10.6 Å². The van der Waals surface area contributed by atoms with Gasteiger partial charge in [-0.05, 0) is 62.8 Å². The van der Waals surface area contributed by atoms with Gasteiger partial charge in [0.1, 0.15) is 5.82 Å². The molecule has 0 amide bonds. The fourth-order valence-corrected chi connectivity index (χ4v) is 4.34. The summed E-state index contributed by atoms with van der Waals surface area (Å²) in [6, 6.07) is 13.7. The second-order valence-corrected chi connectivity index (χ2v) is 9.16. The van der Waals surface area contributed by atoms with E-state index in [-0.39, 0.29) is 5.82 Å². The van der Waals surface area contributed by atoms with Crippen molar-refractivity contribution in [1.29, 1.82) is 0 Å². The molecule has 2 aromatic heterocycles. The lowest BCUT2D eigenvalue weighted by molar-refractivity contribution is 0.622. The van der Waals surface area contributed by atoms with Gasteiger partial charge in [-0.3, -0.25) is 9.36 Å². The summed E-state index contributed by atoms with van der Waals surface area (Å²) in [5.41, 5.74) is 5.24. The molecule has 6 nitrogen and oxygen atoms in total. The summed E-state index contributed by atoms with van der Waals surface area (Å²) in [5, 5.41) is 17.1. The standard InChI is InChI=1S/C24H23Cl2FN6S/c1-14-11-22(31-32(14)13-19-20(25)5-4-6-21(19)26)28-24(34)29-23-15(2)30-33(16(23)3)12-17-7-9-18(27)10-8-17/h4-11H,12-13H2,1-3H3,(H2,28,29,31,34). The molecule has 176 valence electrons. The number of anilines is 2. The molecule has 10 heteroatoms. The van der Waals surface area contributed by atoms with E-state index >= 15 is 0 Å². The number of halogens is 3. The number of aromatic nitrogens is 4. The summed E-state index contributed by atoms with van der Waals surface area (Å²) in [5.74, 6) is 0.343. The normalized spacial score (nSPS) is 11.0. The Labute approximate surface area is 212 Å². The van der Waals surface area contributed by atoms with Gasteiger partial charge in [-0.15, -0.1) is 0 Å². The Bertz CT molecular complexity index is 1330. The maximum absolute atomic E-state index is 13.2. The van der Waals surface area contributed by atoms with Crippen LogP contribution < -0.4 is 10.6 Å². The molecule has 0 saturated carbocycles. The van der Waals surface area contributed by atoms with Crippen LogP contribution in [0.1, 0.15) is 28.2 Å². The van der Waals surface area contributed by atoms with Crippen LogP contribution in [-0.4, -0.2) is 24.7 Å². The third-order valence-electron chi connectivity index (χ3n) is 5.46. The van der Waals surface area contributed by atoms with Crippen molar-refractivity contribution >= 4 is 52.0 Å². The van der Waals surface area contributed by atoms with E-state index in [1.54, 1.807) is 24.3 Å². The van der Waals surface area contributed by atoms with Gasteiger partial charge in [-0.2, -0.15) is 10.2 Å². The van der Waals surface area contributed by atoms with Gasteiger partial charge in [-0.25, -0.2) is 4.39 Å². The van der Waals surface area contributed by atoms with E-state index < -0.39 is 0 Å². The minimum Gasteiger partial charge on any atom is -0.329 e. The van der Waals surface area contributed by atoms with Crippen LogP contribution in [0.4, 0.5) is 15.9 Å². The fourth-order valence-electron chi connectivity index (χ4n) is 3.62. The molecule has 2 N–H and O–H groups in total. The average molecular weight is 517 g/mol. The number of hydrogen-bond acceptors (Lipinski definition) is 3. The maximum atomic E-state index is 13.2. The lowest BCUT2D eigenvalue weighted by atomic mass is 10.2. The molecular weight excluding hydrogens is 494 g/mol. The minimum atomic E-state index is -0.261. The highest BCUT2D eigenvalue weighted by atomic mass is 35.5. The van der Waals surface area contributed by atoms with Crippen LogP contribution in [0.25, 0.3) is 0 Å². The molecule has 0 radical (unpaired) electrons. The predicted molar refractivity (Wildman–Crippen MR) is 140 cm³/mol. The molecule has 0 aliphatic rings. The molecule has 0 saturated heterocycles. The van der Waals surface area contributed by atoms with Crippen LogP contribution >= 0.6 is 35.4 Å². The molecule has 0 atom stereocenters. The number of rotatable bonds is 6. The van der Waals surface area contributed by atoms with Gasteiger partial charge in [0.25, 0.3) is 0 Å². The van der Waals surface area contributed by atoms with Gasteiger partial charge in [0.05, 0.1) is 30.2 Å². The largest absolute Gasteiger partial charge is 0.329 e. The van der Waals surface area contributed by atoms with Crippen molar-refractivity contribution in [3.8, 4) is 0 Å². The fraction of sp³-hybridized carbons (Fsp3) is 0.208. The summed E-state index contributed by atoms with van der Waals surface area (Å²) in [6.45, 7) is 6.79. The van der Waals surface area contributed by atoms with Crippen LogP contribution in [0.3, 0.4) is 0 Å². The van der Waals surface area contributed by atoms with Crippen molar-refractivity contribution in [2.24, 2.45) is 0 Å². The zero-order valence-electron chi connectivity index (χ0n) is 18.9. The first-order chi connectivity index (χ1) is 16.2. The highest BCUT2D eigenvalue weighted by molar-refractivity contribution is 7.80. The molecule has 0 spiro atoms. The second kappa shape index (κ2) is 10.1.